The van der Waals surface area contributed by atoms with Gasteiger partial charge in [-0.25, -0.2) is 4.72 Å². The van der Waals surface area contributed by atoms with Gasteiger partial charge in [-0.3, -0.25) is 4.55 Å². The molecule has 6 nitrogen and oxygen atoms in total. The maximum Gasteiger partial charge on any atom is 0.358 e. The molecule has 1 heterocycles. The summed E-state index contributed by atoms with van der Waals surface area (Å²) in [5.41, 5.74) is 0. The van der Waals surface area contributed by atoms with E-state index in [1.807, 2.05) is 0 Å². The minimum absolute atomic E-state index is 0.0209. The molecule has 0 aliphatic carbocycles. The van der Waals surface area contributed by atoms with Gasteiger partial charge in [-0.05, 0) is 6.92 Å². The summed E-state index contributed by atoms with van der Waals surface area (Å²) in [6.07, 6.45) is 0. The summed E-state index contributed by atoms with van der Waals surface area (Å²) in [5.74, 6) is 0.0412. The van der Waals surface area contributed by atoms with Crippen molar-refractivity contribution < 1.29 is 17.5 Å². The molecule has 0 atom stereocenters. The fourth-order valence-electron chi connectivity index (χ4n) is 0.547. The second-order valence-electron chi connectivity index (χ2n) is 1.98. The van der Waals surface area contributed by atoms with Crippen molar-refractivity contribution in [3.63, 3.8) is 0 Å². The molecular formula is C4H5ClN2O4S. The van der Waals surface area contributed by atoms with E-state index in [4.69, 9.17) is 16.2 Å². The van der Waals surface area contributed by atoms with Gasteiger partial charge in [-0.15, -0.1) is 0 Å². The fraction of sp³-hybridized carbons (Fsp3) is 0.250. The van der Waals surface area contributed by atoms with E-state index in [9.17, 15) is 8.42 Å². The number of nitrogens with one attached hydrogen (secondary N) is 1. The van der Waals surface area contributed by atoms with E-state index in [1.54, 1.807) is 4.72 Å². The second kappa shape index (κ2) is 2.92. The maximum absolute atomic E-state index is 10.3. The first-order valence-electron chi connectivity index (χ1n) is 2.77. The molecule has 1 aromatic heterocycles. The van der Waals surface area contributed by atoms with E-state index in [2.05, 4.69) is 9.68 Å². The predicted molar refractivity (Wildman–Crippen MR) is 41.4 cm³/mol. The number of anilines is 1. The van der Waals surface area contributed by atoms with Gasteiger partial charge in [0, 0.05) is 0 Å². The predicted octanol–water partition coefficient (Wildman–Crippen LogP) is 0.851. The third kappa shape index (κ3) is 2.10. The lowest BCUT2D eigenvalue weighted by atomic mass is 10.5. The number of nitrogens with zero attached hydrogens (tertiary/aromatic N) is 1. The Labute approximate surface area is 73.4 Å². The molecule has 0 radical (unpaired) electrons. The highest BCUT2D eigenvalue weighted by Crippen LogP contribution is 2.24. The van der Waals surface area contributed by atoms with Crippen molar-refractivity contribution in [2.45, 2.75) is 6.92 Å². The zero-order valence-electron chi connectivity index (χ0n) is 5.91. The first-order valence-corrected chi connectivity index (χ1v) is 4.59. The summed E-state index contributed by atoms with van der Waals surface area (Å²) < 4.78 is 35.0. The largest absolute Gasteiger partial charge is 0.358 e. The van der Waals surface area contributed by atoms with Crippen LogP contribution in [0.1, 0.15) is 5.76 Å². The molecule has 0 saturated carbocycles. The molecule has 12 heavy (non-hydrogen) atoms. The molecule has 1 rings (SSSR count). The first-order chi connectivity index (χ1) is 5.40. The average Bonchev–Trinajstić information content (AvgIpc) is 2.16. The van der Waals surface area contributed by atoms with E-state index in [0.29, 0.717) is 0 Å². The van der Waals surface area contributed by atoms with Crippen LogP contribution in [0.25, 0.3) is 0 Å². The summed E-state index contributed by atoms with van der Waals surface area (Å²) in [4.78, 5) is 0. The molecule has 0 saturated heterocycles. The van der Waals surface area contributed by atoms with E-state index >= 15 is 0 Å². The van der Waals surface area contributed by atoms with E-state index < -0.39 is 10.3 Å². The molecule has 2 N–H and O–H groups in total. The van der Waals surface area contributed by atoms with Crippen molar-refractivity contribution in [2.24, 2.45) is 0 Å². The molecule has 0 amide bonds. The molecule has 0 aliphatic heterocycles. The van der Waals surface area contributed by atoms with Crippen LogP contribution >= 0.6 is 11.6 Å². The van der Waals surface area contributed by atoms with Gasteiger partial charge in [0.1, 0.15) is 5.02 Å². The van der Waals surface area contributed by atoms with Crippen LogP contribution in [0, 0.1) is 6.92 Å². The van der Waals surface area contributed by atoms with Crippen LogP contribution in [-0.2, 0) is 10.3 Å². The molecule has 0 aromatic carbocycles. The van der Waals surface area contributed by atoms with Crippen LogP contribution < -0.4 is 4.72 Å². The van der Waals surface area contributed by atoms with Crippen molar-refractivity contribution in [2.75, 3.05) is 4.72 Å². The Morgan fingerprint density at radius 3 is 2.58 bits per heavy atom. The van der Waals surface area contributed by atoms with Gasteiger partial charge in [-0.1, -0.05) is 16.8 Å². The Bertz CT molecular complexity index is 384. The van der Waals surface area contributed by atoms with Gasteiger partial charge in [0.2, 0.25) is 5.82 Å². The highest BCUT2D eigenvalue weighted by atomic mass is 35.5. The highest BCUT2D eigenvalue weighted by molar-refractivity contribution is 7.87. The van der Waals surface area contributed by atoms with Crippen molar-refractivity contribution in [3.8, 4) is 0 Å². The van der Waals surface area contributed by atoms with Crippen LogP contribution in [0.2, 0.25) is 5.02 Å². The molecule has 0 fully saturated rings. The maximum atomic E-state index is 10.3. The summed E-state index contributed by atoms with van der Waals surface area (Å²) >= 11 is 5.52. The van der Waals surface area contributed by atoms with Gasteiger partial charge in [0.15, 0.2) is 5.76 Å². The number of aromatic nitrogens is 1. The van der Waals surface area contributed by atoms with Gasteiger partial charge in [0.25, 0.3) is 0 Å². The second-order valence-corrected chi connectivity index (χ2v) is 3.51. The lowest BCUT2D eigenvalue weighted by molar-refractivity contribution is 0.400. The van der Waals surface area contributed by atoms with Gasteiger partial charge >= 0.3 is 10.3 Å². The van der Waals surface area contributed by atoms with Crippen LogP contribution in [0.4, 0.5) is 5.82 Å². The van der Waals surface area contributed by atoms with Crippen molar-refractivity contribution in [1.82, 2.24) is 5.16 Å². The quantitative estimate of drug-likeness (QED) is 0.709. The van der Waals surface area contributed by atoms with E-state index in [1.165, 1.54) is 6.92 Å². The number of halogens is 1. The SMILES string of the molecule is Cc1onc(NS(=O)(=O)O)c1Cl. The zero-order valence-corrected chi connectivity index (χ0v) is 7.48. The minimum atomic E-state index is -4.34. The van der Waals surface area contributed by atoms with Crippen molar-refractivity contribution >= 4 is 27.7 Å². The monoisotopic (exact) mass is 212 g/mol. The Hall–Kier alpha value is -0.790. The van der Waals surface area contributed by atoms with Crippen molar-refractivity contribution in [3.05, 3.63) is 10.8 Å². The summed E-state index contributed by atoms with van der Waals surface area (Å²) in [5, 5.41) is 3.26. The van der Waals surface area contributed by atoms with Crippen LogP contribution in [0.3, 0.4) is 0 Å². The zero-order chi connectivity index (χ0) is 9.35. The van der Waals surface area contributed by atoms with Crippen LogP contribution in [0.15, 0.2) is 4.52 Å². The molecule has 0 bridgehead atoms. The van der Waals surface area contributed by atoms with E-state index in [0.717, 1.165) is 0 Å². The molecule has 0 spiro atoms. The fourth-order valence-corrected chi connectivity index (χ4v) is 1.10. The molecule has 8 heteroatoms. The molecule has 68 valence electrons. The standard InChI is InChI=1S/C4H5ClN2O4S/c1-2-3(5)4(6-11-2)7-12(8,9)10/h1H3,(H,6,7)(H,8,9,10). The third-order valence-electron chi connectivity index (χ3n) is 1.02. The Morgan fingerprint density at radius 2 is 2.25 bits per heavy atom. The summed E-state index contributed by atoms with van der Waals surface area (Å²) in [7, 11) is -4.34. The normalized spacial score (nSPS) is 11.6. The average molecular weight is 213 g/mol. The van der Waals surface area contributed by atoms with Gasteiger partial charge in [-0.2, -0.15) is 8.42 Å². The third-order valence-corrected chi connectivity index (χ3v) is 1.91. The van der Waals surface area contributed by atoms with Gasteiger partial charge < -0.3 is 4.52 Å². The summed E-state index contributed by atoms with van der Waals surface area (Å²) in [6.45, 7) is 1.50. The van der Waals surface area contributed by atoms with Crippen LogP contribution in [-0.4, -0.2) is 18.1 Å². The topological polar surface area (TPSA) is 92.4 Å². The lowest BCUT2D eigenvalue weighted by Crippen LogP contribution is -2.10. The van der Waals surface area contributed by atoms with Gasteiger partial charge in [0.05, 0.1) is 0 Å². The minimum Gasteiger partial charge on any atom is -0.358 e. The molecular weight excluding hydrogens is 208 g/mol. The number of rotatable bonds is 2. The highest BCUT2D eigenvalue weighted by Gasteiger charge is 2.14. The van der Waals surface area contributed by atoms with E-state index in [-0.39, 0.29) is 16.6 Å². The molecule has 0 aliphatic rings. The Balaban J connectivity index is 2.99. The Kier molecular flexibility index (Phi) is 2.27. The van der Waals surface area contributed by atoms with Crippen molar-refractivity contribution in [1.29, 1.82) is 0 Å². The molecule has 1 aromatic rings. The number of aryl methyl sites for hydroxylation is 1. The Morgan fingerprint density at radius 1 is 1.67 bits per heavy atom. The lowest BCUT2D eigenvalue weighted by Gasteiger charge is -1.95. The summed E-state index contributed by atoms with van der Waals surface area (Å²) in [6, 6.07) is 0. The number of hydrogen-bond acceptors (Lipinski definition) is 4. The smallest absolute Gasteiger partial charge is 0.358 e. The number of hydrogen-bond donors (Lipinski definition) is 2. The first kappa shape index (κ1) is 9.30. The van der Waals surface area contributed by atoms with Crippen LogP contribution in [0.5, 0.6) is 0 Å². The molecule has 0 unspecified atom stereocenters.